The maximum atomic E-state index is 14.0. The highest BCUT2D eigenvalue weighted by Crippen LogP contribution is 2.46. The minimum atomic E-state index is -4.26. The predicted molar refractivity (Wildman–Crippen MR) is 182 cm³/mol. The Labute approximate surface area is 298 Å². The lowest BCUT2D eigenvalue weighted by atomic mass is 10.1. The number of nitrogens with zero attached hydrogens (tertiary/aromatic N) is 2. The summed E-state index contributed by atoms with van der Waals surface area (Å²) in [6.07, 6.45) is 5.96. The van der Waals surface area contributed by atoms with E-state index in [-0.39, 0.29) is 46.9 Å². The predicted octanol–water partition coefficient (Wildman–Crippen LogP) is 4.13. The number of benzene rings is 1. The fraction of sp³-hybridized carbons (Fsp3) is 0.484. The van der Waals surface area contributed by atoms with Crippen LogP contribution >= 0.6 is 46.9 Å². The van der Waals surface area contributed by atoms with Crippen LogP contribution in [0.4, 0.5) is 4.79 Å². The van der Waals surface area contributed by atoms with E-state index in [4.69, 9.17) is 33.7 Å². The number of halogens is 3. The third kappa shape index (κ3) is 7.48. The van der Waals surface area contributed by atoms with Crippen LogP contribution in [0.3, 0.4) is 0 Å². The molecule has 2 fully saturated rings. The van der Waals surface area contributed by atoms with E-state index in [1.165, 1.54) is 21.9 Å². The summed E-state index contributed by atoms with van der Waals surface area (Å²) in [5, 5.41) is 3.33. The molecule has 0 spiro atoms. The Bertz CT molecular complexity index is 1740. The molecular formula is C31H36Cl3N5O7S2. The third-order valence-electron chi connectivity index (χ3n) is 9.18. The van der Waals surface area contributed by atoms with Crippen molar-refractivity contribution in [3.8, 4) is 0 Å². The molecule has 5 atom stereocenters. The number of nitrogens with two attached hydrogens (primary N) is 1. The number of nitrogens with one attached hydrogen (secondary N) is 2. The lowest BCUT2D eigenvalue weighted by Crippen LogP contribution is -2.57. The van der Waals surface area contributed by atoms with Gasteiger partial charge in [-0.3, -0.25) is 19.3 Å². The van der Waals surface area contributed by atoms with E-state index >= 15 is 0 Å². The van der Waals surface area contributed by atoms with Crippen molar-refractivity contribution in [1.82, 2.24) is 19.8 Å². The second-order valence-electron chi connectivity index (χ2n) is 12.4. The third-order valence-corrected chi connectivity index (χ3v) is 12.6. The van der Waals surface area contributed by atoms with Gasteiger partial charge in [0.05, 0.1) is 23.5 Å². The number of ether oxygens (including phenoxy) is 1. The number of carbonyl (C=O) groups excluding carboxylic acids is 4. The number of rotatable bonds is 4. The molecule has 4 N–H and O–H groups in total. The van der Waals surface area contributed by atoms with Crippen LogP contribution in [0, 0.1) is 5.92 Å². The fourth-order valence-corrected chi connectivity index (χ4v) is 9.27. The molecule has 1 unspecified atom stereocenters. The Kier molecular flexibility index (Phi) is 11.0. The summed E-state index contributed by atoms with van der Waals surface area (Å²) in [5.74, 6) is -2.48. The Hall–Kier alpha value is -2.88. The fourth-order valence-electron chi connectivity index (χ4n) is 6.49. The van der Waals surface area contributed by atoms with Gasteiger partial charge in [0.15, 0.2) is 0 Å². The van der Waals surface area contributed by atoms with Gasteiger partial charge in [-0.2, -0.15) is 0 Å². The summed E-state index contributed by atoms with van der Waals surface area (Å²) < 4.78 is 34.0. The summed E-state index contributed by atoms with van der Waals surface area (Å²) in [4.78, 5) is 57.2. The van der Waals surface area contributed by atoms with Crippen molar-refractivity contribution >= 4 is 80.8 Å². The minimum Gasteiger partial charge on any atom is -0.444 e. The number of carbonyl (C=O) groups is 4. The monoisotopic (exact) mass is 759 g/mol. The van der Waals surface area contributed by atoms with Crippen LogP contribution in [-0.2, 0) is 42.2 Å². The average Bonchev–Trinajstić information content (AvgIpc) is 3.41. The molecule has 17 heteroatoms. The molecule has 0 bridgehead atoms. The summed E-state index contributed by atoms with van der Waals surface area (Å²) in [6, 6.07) is 6.18. The van der Waals surface area contributed by atoms with Gasteiger partial charge in [-0.25, -0.2) is 17.9 Å². The molecule has 1 aliphatic carbocycles. The van der Waals surface area contributed by atoms with Crippen LogP contribution in [0.25, 0.3) is 0 Å². The van der Waals surface area contributed by atoms with Crippen LogP contribution in [0.1, 0.15) is 56.1 Å². The van der Waals surface area contributed by atoms with Crippen LogP contribution in [0.5, 0.6) is 0 Å². The molecule has 4 aliphatic rings. The topological polar surface area (TPSA) is 168 Å². The van der Waals surface area contributed by atoms with Gasteiger partial charge in [-0.1, -0.05) is 60.3 Å². The van der Waals surface area contributed by atoms with E-state index in [0.717, 1.165) is 35.3 Å². The number of sulfonamides is 1. The molecule has 260 valence electrons. The average molecular weight is 761 g/mol. The van der Waals surface area contributed by atoms with Gasteiger partial charge in [-0.05, 0) is 55.0 Å². The molecule has 48 heavy (non-hydrogen) atoms. The van der Waals surface area contributed by atoms with Crippen LogP contribution in [0.15, 0.2) is 46.7 Å². The largest absolute Gasteiger partial charge is 0.444 e. The molecule has 4 amide bonds. The molecule has 1 aromatic carbocycles. The zero-order chi connectivity index (χ0) is 33.5. The smallest absolute Gasteiger partial charge is 0.410 e. The second kappa shape index (κ2) is 14.5. The summed E-state index contributed by atoms with van der Waals surface area (Å²) >= 11 is 13.0. The molecule has 6 rings (SSSR count). The first-order valence-corrected chi connectivity index (χ1v) is 18.5. The number of fused-ring (bicyclic) bond motifs is 3. The maximum Gasteiger partial charge on any atom is 0.410 e. The molecule has 4 heterocycles. The van der Waals surface area contributed by atoms with Crippen molar-refractivity contribution in [3.05, 3.63) is 63.0 Å². The Morgan fingerprint density at radius 2 is 1.90 bits per heavy atom. The zero-order valence-corrected chi connectivity index (χ0v) is 29.7. The highest BCUT2D eigenvalue weighted by atomic mass is 35.5. The number of allylic oxidation sites excluding steroid dienone is 1. The van der Waals surface area contributed by atoms with Gasteiger partial charge in [0, 0.05) is 23.9 Å². The summed E-state index contributed by atoms with van der Waals surface area (Å²) in [6.45, 7) is 0.519. The van der Waals surface area contributed by atoms with Crippen molar-refractivity contribution in [1.29, 1.82) is 0 Å². The molecule has 3 aliphatic heterocycles. The van der Waals surface area contributed by atoms with E-state index in [1.54, 1.807) is 6.07 Å². The molecular weight excluding hydrogens is 725 g/mol. The van der Waals surface area contributed by atoms with Crippen LogP contribution < -0.4 is 15.8 Å². The number of thiophene rings is 1. The van der Waals surface area contributed by atoms with Gasteiger partial charge in [-0.15, -0.1) is 23.7 Å². The maximum absolute atomic E-state index is 14.0. The van der Waals surface area contributed by atoms with Gasteiger partial charge in [0.25, 0.3) is 15.9 Å². The standard InChI is InChI=1S/C31H35Cl2N5O7S2.ClH/c32-22-9-6-7-18-15-37(17-21(18)22)30(42)45-20-13-24-27(39)35-31(29(41)36-47(43,44)26-12-11-25(33)46-26)14-19(31)8-4-2-1-3-5-10-23(34)28(40)38(24)16-20;/h4,6-9,11-12,19-20,23-24H,1-3,5,10,13-17,34H2,(H,35,39)(H,36,41);1H/b8-4-;/t19-,20-,23?,24+,31-;/m1./s1. The SMILES string of the molecule is Cl.NC1CCCCC/C=C\[C@@H]2C[C@@]2(C(=O)NS(=O)(=O)c2ccc(Cl)s2)NC(=O)[C@@H]2C[C@@H](OC(=O)N3Cc4cccc(Cl)c4C3)CN2C1=O. The van der Waals surface area contributed by atoms with Gasteiger partial charge in [0.1, 0.15) is 21.9 Å². The minimum absolute atomic E-state index is 0. The van der Waals surface area contributed by atoms with Gasteiger partial charge < -0.3 is 20.7 Å². The van der Waals surface area contributed by atoms with Gasteiger partial charge in [0.2, 0.25) is 11.8 Å². The second-order valence-corrected chi connectivity index (χ2v) is 16.5. The first-order valence-electron chi connectivity index (χ1n) is 15.5. The Morgan fingerprint density at radius 1 is 1.10 bits per heavy atom. The van der Waals surface area contributed by atoms with Gasteiger partial charge >= 0.3 is 6.09 Å². The molecule has 1 aromatic heterocycles. The Balaban J connectivity index is 0.00000451. The molecule has 1 saturated carbocycles. The van der Waals surface area contributed by atoms with Crippen LogP contribution in [-0.4, -0.2) is 72.3 Å². The highest BCUT2D eigenvalue weighted by molar-refractivity contribution is 7.92. The van der Waals surface area contributed by atoms with Crippen molar-refractivity contribution in [2.24, 2.45) is 11.7 Å². The van der Waals surface area contributed by atoms with E-state index in [1.807, 2.05) is 24.3 Å². The molecule has 2 aromatic rings. The molecule has 1 saturated heterocycles. The number of amides is 4. The molecule has 12 nitrogen and oxygen atoms in total. The normalized spacial score (nSPS) is 28.1. The number of hydrogen-bond donors (Lipinski definition) is 3. The van der Waals surface area contributed by atoms with Crippen molar-refractivity contribution in [3.63, 3.8) is 0 Å². The number of hydrogen-bond acceptors (Lipinski definition) is 9. The lowest BCUT2D eigenvalue weighted by molar-refractivity contribution is -0.140. The first kappa shape index (κ1) is 36.4. The van der Waals surface area contributed by atoms with E-state index < -0.39 is 63.5 Å². The highest BCUT2D eigenvalue weighted by Gasteiger charge is 2.61. The lowest BCUT2D eigenvalue weighted by Gasteiger charge is -2.28. The summed E-state index contributed by atoms with van der Waals surface area (Å²) in [7, 11) is -4.26. The van der Waals surface area contributed by atoms with Crippen molar-refractivity contribution in [2.45, 2.75) is 86.0 Å². The van der Waals surface area contributed by atoms with E-state index in [2.05, 4.69) is 10.0 Å². The van der Waals surface area contributed by atoms with Crippen molar-refractivity contribution < 1.29 is 32.3 Å². The first-order chi connectivity index (χ1) is 22.4. The van der Waals surface area contributed by atoms with E-state index in [0.29, 0.717) is 30.8 Å². The molecule has 0 radical (unpaired) electrons. The Morgan fingerprint density at radius 3 is 2.62 bits per heavy atom. The van der Waals surface area contributed by atoms with Crippen molar-refractivity contribution in [2.75, 3.05) is 6.54 Å². The zero-order valence-electron chi connectivity index (χ0n) is 25.7. The van der Waals surface area contributed by atoms with E-state index in [9.17, 15) is 27.6 Å². The van der Waals surface area contributed by atoms with Crippen LogP contribution in [0.2, 0.25) is 9.36 Å². The summed E-state index contributed by atoms with van der Waals surface area (Å²) in [5.41, 5.74) is 6.49. The quantitative estimate of drug-likeness (QED) is 0.391.